The summed E-state index contributed by atoms with van der Waals surface area (Å²) >= 11 is 0. The van der Waals surface area contributed by atoms with Gasteiger partial charge < -0.3 is 15.1 Å². The number of carbonyl (C=O) groups is 1. The van der Waals surface area contributed by atoms with Crippen LogP contribution in [0.15, 0.2) is 30.3 Å². The van der Waals surface area contributed by atoms with Gasteiger partial charge in [-0.05, 0) is 24.6 Å². The van der Waals surface area contributed by atoms with Crippen LogP contribution in [0.3, 0.4) is 0 Å². The number of anilines is 1. The molecule has 1 aromatic carbocycles. The van der Waals surface area contributed by atoms with Crippen molar-refractivity contribution >= 4 is 24.0 Å². The fourth-order valence-corrected chi connectivity index (χ4v) is 3.20. The van der Waals surface area contributed by atoms with E-state index in [9.17, 15) is 4.79 Å². The Morgan fingerprint density at radius 3 is 2.33 bits per heavy atom. The summed E-state index contributed by atoms with van der Waals surface area (Å²) in [6.07, 6.45) is 0. The van der Waals surface area contributed by atoms with Gasteiger partial charge >= 0.3 is 0 Å². The van der Waals surface area contributed by atoms with Crippen molar-refractivity contribution in [2.75, 3.05) is 44.2 Å². The van der Waals surface area contributed by atoms with Crippen molar-refractivity contribution in [2.24, 2.45) is 11.8 Å². The number of amides is 1. The summed E-state index contributed by atoms with van der Waals surface area (Å²) < 4.78 is 0. The first-order valence-electron chi connectivity index (χ1n) is 7.55. The predicted molar refractivity (Wildman–Crippen MR) is 88.0 cm³/mol. The maximum Gasteiger partial charge on any atom is 0.227 e. The minimum atomic E-state index is 0. The van der Waals surface area contributed by atoms with Crippen LogP contribution in [0, 0.1) is 11.8 Å². The zero-order chi connectivity index (χ0) is 13.9. The van der Waals surface area contributed by atoms with Gasteiger partial charge in [-0.25, -0.2) is 0 Å². The molecule has 2 heterocycles. The molecule has 116 valence electrons. The molecular weight excluding hydrogens is 286 g/mol. The highest BCUT2D eigenvalue weighted by atomic mass is 35.5. The van der Waals surface area contributed by atoms with Gasteiger partial charge in [0.15, 0.2) is 0 Å². The molecule has 21 heavy (non-hydrogen) atoms. The Bertz CT molecular complexity index is 460. The maximum absolute atomic E-state index is 12.5. The number of nitrogens with one attached hydrogen (secondary N) is 1. The normalized spacial score (nSPS) is 25.6. The Hall–Kier alpha value is -1.26. The molecule has 0 aromatic heterocycles. The molecule has 1 N–H and O–H groups in total. The fraction of sp³-hybridized carbons (Fsp3) is 0.562. The lowest BCUT2D eigenvalue weighted by molar-refractivity contribution is -0.136. The van der Waals surface area contributed by atoms with Gasteiger partial charge in [0.1, 0.15) is 0 Å². The molecule has 0 saturated carbocycles. The average Bonchev–Trinajstić information content (AvgIpc) is 2.94. The summed E-state index contributed by atoms with van der Waals surface area (Å²) in [6.45, 7) is 7.55. The second-order valence-corrected chi connectivity index (χ2v) is 5.89. The first-order chi connectivity index (χ1) is 9.75. The van der Waals surface area contributed by atoms with E-state index in [-0.39, 0.29) is 18.3 Å². The van der Waals surface area contributed by atoms with Crippen LogP contribution in [0.4, 0.5) is 5.69 Å². The Kier molecular flexibility index (Phi) is 5.48. The number of nitrogens with zero attached hydrogens (tertiary/aromatic N) is 2. The van der Waals surface area contributed by atoms with Crippen molar-refractivity contribution in [1.82, 2.24) is 10.2 Å². The van der Waals surface area contributed by atoms with Crippen molar-refractivity contribution in [1.29, 1.82) is 0 Å². The Labute approximate surface area is 132 Å². The van der Waals surface area contributed by atoms with Crippen LogP contribution in [0.25, 0.3) is 0 Å². The van der Waals surface area contributed by atoms with Crippen molar-refractivity contribution in [3.8, 4) is 0 Å². The van der Waals surface area contributed by atoms with Gasteiger partial charge in [0.25, 0.3) is 0 Å². The molecule has 0 unspecified atom stereocenters. The summed E-state index contributed by atoms with van der Waals surface area (Å²) in [5, 5.41) is 3.32. The maximum atomic E-state index is 12.5. The topological polar surface area (TPSA) is 35.6 Å². The first-order valence-corrected chi connectivity index (χ1v) is 7.55. The number of hydrogen-bond acceptors (Lipinski definition) is 3. The van der Waals surface area contributed by atoms with E-state index in [2.05, 4.69) is 41.4 Å². The van der Waals surface area contributed by atoms with Gasteiger partial charge in [-0.3, -0.25) is 4.79 Å². The van der Waals surface area contributed by atoms with Gasteiger partial charge in [0, 0.05) is 38.4 Å². The summed E-state index contributed by atoms with van der Waals surface area (Å²) in [6, 6.07) is 10.5. The zero-order valence-electron chi connectivity index (χ0n) is 12.5. The highest BCUT2D eigenvalue weighted by Crippen LogP contribution is 2.21. The van der Waals surface area contributed by atoms with Crippen molar-refractivity contribution in [2.45, 2.75) is 6.92 Å². The molecule has 2 aliphatic rings. The van der Waals surface area contributed by atoms with E-state index in [0.717, 1.165) is 39.3 Å². The minimum absolute atomic E-state index is 0. The number of halogens is 1. The average molecular weight is 310 g/mol. The second-order valence-electron chi connectivity index (χ2n) is 5.89. The van der Waals surface area contributed by atoms with Crippen molar-refractivity contribution in [3.63, 3.8) is 0 Å². The van der Waals surface area contributed by atoms with E-state index in [1.54, 1.807) is 0 Å². The fourth-order valence-electron chi connectivity index (χ4n) is 3.20. The highest BCUT2D eigenvalue weighted by molar-refractivity contribution is 5.85. The van der Waals surface area contributed by atoms with Gasteiger partial charge in [0.2, 0.25) is 5.91 Å². The summed E-state index contributed by atoms with van der Waals surface area (Å²) in [4.78, 5) is 16.9. The monoisotopic (exact) mass is 309 g/mol. The molecule has 4 nitrogen and oxygen atoms in total. The number of carbonyl (C=O) groups excluding carboxylic acids is 1. The van der Waals surface area contributed by atoms with Crippen molar-refractivity contribution < 1.29 is 4.79 Å². The van der Waals surface area contributed by atoms with Gasteiger partial charge in [0.05, 0.1) is 5.92 Å². The van der Waals surface area contributed by atoms with E-state index in [1.165, 1.54) is 5.69 Å². The van der Waals surface area contributed by atoms with E-state index in [0.29, 0.717) is 11.8 Å². The number of para-hydroxylation sites is 1. The van der Waals surface area contributed by atoms with E-state index < -0.39 is 0 Å². The molecule has 0 bridgehead atoms. The molecule has 2 fully saturated rings. The van der Waals surface area contributed by atoms with Gasteiger partial charge in [-0.1, -0.05) is 25.1 Å². The molecule has 1 amide bonds. The van der Waals surface area contributed by atoms with Crippen LogP contribution in [-0.4, -0.2) is 50.1 Å². The molecule has 1 aromatic rings. The number of hydrogen-bond donors (Lipinski definition) is 1. The minimum Gasteiger partial charge on any atom is -0.368 e. The summed E-state index contributed by atoms with van der Waals surface area (Å²) in [5.74, 6) is 0.989. The summed E-state index contributed by atoms with van der Waals surface area (Å²) in [5.41, 5.74) is 1.26. The molecular formula is C16H24ClN3O. The Morgan fingerprint density at radius 1 is 1.10 bits per heavy atom. The van der Waals surface area contributed by atoms with Crippen LogP contribution in [-0.2, 0) is 4.79 Å². The Balaban J connectivity index is 0.00000161. The largest absolute Gasteiger partial charge is 0.368 e. The number of benzene rings is 1. The lowest BCUT2D eigenvalue weighted by Gasteiger charge is -2.37. The quantitative estimate of drug-likeness (QED) is 0.901. The molecule has 0 aliphatic carbocycles. The van der Waals surface area contributed by atoms with E-state index in [1.807, 2.05) is 11.0 Å². The van der Waals surface area contributed by atoms with Crippen molar-refractivity contribution in [3.05, 3.63) is 30.3 Å². The van der Waals surface area contributed by atoms with Crippen LogP contribution >= 0.6 is 12.4 Å². The second kappa shape index (κ2) is 7.14. The molecule has 5 heteroatoms. The predicted octanol–water partition coefficient (Wildman–Crippen LogP) is 1.61. The van der Waals surface area contributed by atoms with Crippen LogP contribution < -0.4 is 10.2 Å². The molecule has 2 saturated heterocycles. The molecule has 0 radical (unpaired) electrons. The third-order valence-corrected chi connectivity index (χ3v) is 4.55. The standard InChI is InChI=1S/C16H23N3O.ClH/c1-13-11-17-12-15(13)16(20)19-9-7-18(8-10-19)14-5-3-2-4-6-14;/h2-6,13,15,17H,7-12H2,1H3;1H/t13-,15-;/m1./s1. The lowest BCUT2D eigenvalue weighted by atomic mass is 9.96. The smallest absolute Gasteiger partial charge is 0.227 e. The van der Waals surface area contributed by atoms with Crippen LogP contribution in [0.1, 0.15) is 6.92 Å². The third-order valence-electron chi connectivity index (χ3n) is 4.55. The van der Waals surface area contributed by atoms with Crippen LogP contribution in [0.5, 0.6) is 0 Å². The van der Waals surface area contributed by atoms with E-state index >= 15 is 0 Å². The zero-order valence-corrected chi connectivity index (χ0v) is 13.3. The third kappa shape index (κ3) is 3.50. The first kappa shape index (κ1) is 16.1. The highest BCUT2D eigenvalue weighted by Gasteiger charge is 2.33. The molecule has 0 spiro atoms. The lowest BCUT2D eigenvalue weighted by Crippen LogP contribution is -2.51. The molecule has 2 aliphatic heterocycles. The van der Waals surface area contributed by atoms with Crippen LogP contribution in [0.2, 0.25) is 0 Å². The SMILES string of the molecule is C[C@@H]1CNC[C@H]1C(=O)N1CCN(c2ccccc2)CC1.Cl. The molecule has 2 atom stereocenters. The molecule has 3 rings (SSSR count). The van der Waals surface area contributed by atoms with Gasteiger partial charge in [-0.15, -0.1) is 12.4 Å². The Morgan fingerprint density at radius 2 is 1.76 bits per heavy atom. The number of piperazine rings is 1. The summed E-state index contributed by atoms with van der Waals surface area (Å²) in [7, 11) is 0. The van der Waals surface area contributed by atoms with E-state index in [4.69, 9.17) is 0 Å². The number of rotatable bonds is 2. The van der Waals surface area contributed by atoms with Gasteiger partial charge in [-0.2, -0.15) is 0 Å².